The van der Waals surface area contributed by atoms with Crippen molar-refractivity contribution in [2.75, 3.05) is 29.9 Å². The topological polar surface area (TPSA) is 45.2 Å². The number of aryl methyl sites for hydroxylation is 1. The number of piperidine rings is 1. The van der Waals surface area contributed by atoms with Crippen LogP contribution in [0.3, 0.4) is 0 Å². The van der Waals surface area contributed by atoms with E-state index in [0.717, 1.165) is 31.7 Å². The monoisotopic (exact) mass is 315 g/mol. The standard InChI is InChI=1S/C17H22FN5/c1-3-14-16(18)17(21-12-20-14)23-10-7-13(8-11-23)22(2)15-6-4-5-9-19-15/h4-6,9,12-13H,3,7-8,10-11H2,1-2H3. The summed E-state index contributed by atoms with van der Waals surface area (Å²) in [7, 11) is 2.07. The highest BCUT2D eigenvalue weighted by atomic mass is 19.1. The number of pyridine rings is 1. The van der Waals surface area contributed by atoms with E-state index in [0.29, 0.717) is 24.0 Å². The predicted octanol–water partition coefficient (Wildman–Crippen LogP) is 2.68. The second kappa shape index (κ2) is 6.89. The van der Waals surface area contributed by atoms with E-state index in [1.165, 1.54) is 6.33 Å². The highest BCUT2D eigenvalue weighted by Gasteiger charge is 2.26. The summed E-state index contributed by atoms with van der Waals surface area (Å²) in [5, 5.41) is 0. The maximum absolute atomic E-state index is 14.4. The van der Waals surface area contributed by atoms with Gasteiger partial charge in [0.1, 0.15) is 12.1 Å². The summed E-state index contributed by atoms with van der Waals surface area (Å²) in [4.78, 5) is 16.8. The molecule has 0 atom stereocenters. The molecular formula is C17H22FN5. The Labute approximate surface area is 136 Å². The van der Waals surface area contributed by atoms with Gasteiger partial charge in [0.25, 0.3) is 0 Å². The van der Waals surface area contributed by atoms with E-state index in [-0.39, 0.29) is 5.82 Å². The molecule has 0 amide bonds. The quantitative estimate of drug-likeness (QED) is 0.868. The van der Waals surface area contributed by atoms with Gasteiger partial charge in [-0.05, 0) is 31.4 Å². The van der Waals surface area contributed by atoms with Crippen LogP contribution >= 0.6 is 0 Å². The molecule has 0 radical (unpaired) electrons. The fourth-order valence-corrected chi connectivity index (χ4v) is 3.08. The van der Waals surface area contributed by atoms with Crippen LogP contribution in [0.1, 0.15) is 25.5 Å². The third-order valence-corrected chi connectivity index (χ3v) is 4.50. The largest absolute Gasteiger partial charge is 0.357 e. The highest BCUT2D eigenvalue weighted by Crippen LogP contribution is 2.25. The molecule has 23 heavy (non-hydrogen) atoms. The molecule has 1 fully saturated rings. The van der Waals surface area contributed by atoms with Crippen LogP contribution in [0.25, 0.3) is 0 Å². The maximum atomic E-state index is 14.4. The average molecular weight is 315 g/mol. The van der Waals surface area contributed by atoms with Crippen LogP contribution in [-0.2, 0) is 6.42 Å². The summed E-state index contributed by atoms with van der Waals surface area (Å²) in [6, 6.07) is 6.35. The molecule has 0 saturated carbocycles. The molecule has 3 rings (SSSR count). The normalized spacial score (nSPS) is 15.7. The molecule has 0 bridgehead atoms. The Morgan fingerprint density at radius 1 is 1.22 bits per heavy atom. The number of aromatic nitrogens is 3. The fraction of sp³-hybridized carbons (Fsp3) is 0.471. The lowest BCUT2D eigenvalue weighted by molar-refractivity contribution is 0.469. The van der Waals surface area contributed by atoms with Crippen molar-refractivity contribution >= 4 is 11.6 Å². The first-order valence-electron chi connectivity index (χ1n) is 8.09. The lowest BCUT2D eigenvalue weighted by Gasteiger charge is -2.37. The van der Waals surface area contributed by atoms with Crippen molar-refractivity contribution in [2.45, 2.75) is 32.2 Å². The molecule has 0 spiro atoms. The van der Waals surface area contributed by atoms with E-state index in [1.54, 1.807) is 0 Å². The van der Waals surface area contributed by atoms with Crippen molar-refractivity contribution in [3.8, 4) is 0 Å². The van der Waals surface area contributed by atoms with Gasteiger partial charge in [0.15, 0.2) is 11.6 Å². The molecule has 122 valence electrons. The van der Waals surface area contributed by atoms with E-state index < -0.39 is 0 Å². The summed E-state index contributed by atoms with van der Waals surface area (Å²) in [6.07, 6.45) is 5.77. The molecule has 2 aromatic heterocycles. The molecule has 2 aromatic rings. The van der Waals surface area contributed by atoms with Gasteiger partial charge in [-0.2, -0.15) is 0 Å². The molecule has 1 aliphatic heterocycles. The molecule has 0 N–H and O–H groups in total. The summed E-state index contributed by atoms with van der Waals surface area (Å²) >= 11 is 0. The van der Waals surface area contributed by atoms with Gasteiger partial charge in [0.2, 0.25) is 0 Å². The molecule has 0 aliphatic carbocycles. The first-order chi connectivity index (χ1) is 11.2. The average Bonchev–Trinajstić information content (AvgIpc) is 2.62. The van der Waals surface area contributed by atoms with Crippen molar-refractivity contribution < 1.29 is 4.39 Å². The number of nitrogens with zero attached hydrogens (tertiary/aromatic N) is 5. The van der Waals surface area contributed by atoms with Crippen molar-refractivity contribution in [3.05, 3.63) is 42.2 Å². The summed E-state index contributed by atoms with van der Waals surface area (Å²) in [5.74, 6) is 1.15. The summed E-state index contributed by atoms with van der Waals surface area (Å²) in [5.41, 5.74) is 0.489. The van der Waals surface area contributed by atoms with Gasteiger partial charge >= 0.3 is 0 Å². The van der Waals surface area contributed by atoms with Gasteiger partial charge in [-0.25, -0.2) is 19.3 Å². The smallest absolute Gasteiger partial charge is 0.187 e. The van der Waals surface area contributed by atoms with Gasteiger partial charge < -0.3 is 9.80 Å². The van der Waals surface area contributed by atoms with Gasteiger partial charge in [-0.3, -0.25) is 0 Å². The van der Waals surface area contributed by atoms with Crippen LogP contribution in [0, 0.1) is 5.82 Å². The lowest BCUT2D eigenvalue weighted by atomic mass is 10.0. The Balaban J connectivity index is 1.67. The van der Waals surface area contributed by atoms with Crippen molar-refractivity contribution in [1.82, 2.24) is 15.0 Å². The Bertz CT molecular complexity index is 641. The van der Waals surface area contributed by atoms with Crippen LogP contribution < -0.4 is 9.80 Å². The fourth-order valence-electron chi connectivity index (χ4n) is 3.08. The second-order valence-electron chi connectivity index (χ2n) is 5.83. The van der Waals surface area contributed by atoms with Crippen LogP contribution in [0.4, 0.5) is 16.0 Å². The molecule has 0 unspecified atom stereocenters. The molecule has 0 aromatic carbocycles. The number of hydrogen-bond donors (Lipinski definition) is 0. The Hall–Kier alpha value is -2.24. The lowest BCUT2D eigenvalue weighted by Crippen LogP contribution is -2.44. The molecule has 3 heterocycles. The SMILES string of the molecule is CCc1ncnc(N2CCC(N(C)c3ccccn3)CC2)c1F. The molecule has 5 nitrogen and oxygen atoms in total. The minimum Gasteiger partial charge on any atom is -0.357 e. The van der Waals surface area contributed by atoms with E-state index >= 15 is 0 Å². The van der Waals surface area contributed by atoms with Crippen molar-refractivity contribution in [2.24, 2.45) is 0 Å². The molecule has 1 aliphatic rings. The number of hydrogen-bond acceptors (Lipinski definition) is 5. The van der Waals surface area contributed by atoms with Gasteiger partial charge in [-0.1, -0.05) is 13.0 Å². The minimum absolute atomic E-state index is 0.272. The number of rotatable bonds is 4. The van der Waals surface area contributed by atoms with Crippen molar-refractivity contribution in [3.63, 3.8) is 0 Å². The Morgan fingerprint density at radius 3 is 2.65 bits per heavy atom. The zero-order valence-corrected chi connectivity index (χ0v) is 13.6. The zero-order chi connectivity index (χ0) is 16.2. The molecular weight excluding hydrogens is 293 g/mol. The van der Waals surface area contributed by atoms with Crippen molar-refractivity contribution in [1.29, 1.82) is 0 Å². The van der Waals surface area contributed by atoms with E-state index in [4.69, 9.17) is 0 Å². The van der Waals surface area contributed by atoms with Gasteiger partial charge in [-0.15, -0.1) is 0 Å². The molecule has 6 heteroatoms. The van der Waals surface area contributed by atoms with Gasteiger partial charge in [0, 0.05) is 32.4 Å². The first kappa shape index (κ1) is 15.6. The Kier molecular flexibility index (Phi) is 4.69. The number of anilines is 2. The van der Waals surface area contributed by atoms with Crippen LogP contribution in [0.5, 0.6) is 0 Å². The summed E-state index contributed by atoms with van der Waals surface area (Å²) < 4.78 is 14.4. The number of halogens is 1. The second-order valence-corrected chi connectivity index (χ2v) is 5.83. The van der Waals surface area contributed by atoms with E-state index in [1.807, 2.05) is 36.2 Å². The predicted molar refractivity (Wildman–Crippen MR) is 89.2 cm³/mol. The third-order valence-electron chi connectivity index (χ3n) is 4.50. The third kappa shape index (κ3) is 3.25. The zero-order valence-electron chi connectivity index (χ0n) is 13.6. The van der Waals surface area contributed by atoms with Gasteiger partial charge in [0.05, 0.1) is 5.69 Å². The van der Waals surface area contributed by atoms with Crippen LogP contribution in [0.2, 0.25) is 0 Å². The minimum atomic E-state index is -0.272. The highest BCUT2D eigenvalue weighted by molar-refractivity contribution is 5.43. The first-order valence-corrected chi connectivity index (χ1v) is 8.09. The van der Waals surface area contributed by atoms with E-state index in [2.05, 4.69) is 26.9 Å². The summed E-state index contributed by atoms with van der Waals surface area (Å²) in [6.45, 7) is 3.49. The maximum Gasteiger partial charge on any atom is 0.187 e. The van der Waals surface area contributed by atoms with Crippen LogP contribution in [0.15, 0.2) is 30.7 Å². The van der Waals surface area contributed by atoms with Crippen LogP contribution in [-0.4, -0.2) is 41.1 Å². The molecule has 1 saturated heterocycles. The Morgan fingerprint density at radius 2 is 2.00 bits per heavy atom. The van der Waals surface area contributed by atoms with E-state index in [9.17, 15) is 4.39 Å².